The van der Waals surface area contributed by atoms with Gasteiger partial charge in [0, 0.05) is 45.2 Å². The van der Waals surface area contributed by atoms with E-state index in [0.29, 0.717) is 22.6 Å². The Morgan fingerprint density at radius 3 is 1.73 bits per heavy atom. The van der Waals surface area contributed by atoms with Crippen molar-refractivity contribution in [1.82, 2.24) is 13.7 Å². The average Bonchev–Trinajstić information content (AvgIpc) is 3.55. The Morgan fingerprint density at radius 1 is 0.800 bits per heavy atom. The molecule has 0 saturated carbocycles. The first kappa shape index (κ1) is 29.2. The van der Waals surface area contributed by atoms with E-state index in [0.717, 1.165) is 6.07 Å². The fourth-order valence-electron chi connectivity index (χ4n) is 3.99. The van der Waals surface area contributed by atoms with Crippen molar-refractivity contribution in [3.8, 4) is 0 Å². The first-order valence-corrected chi connectivity index (χ1v) is 11.5. The Hall–Kier alpha value is -5.37. The molecule has 6 N–H and O–H groups in total. The molecule has 0 aliphatic heterocycles. The number of nitrogen functional groups attached to an aromatic ring is 1. The minimum Gasteiger partial charge on any atom is -0.384 e. The molecule has 15 heteroatoms. The van der Waals surface area contributed by atoms with E-state index >= 15 is 0 Å². The number of nitrogens with one attached hydrogen (secondary N) is 4. The quantitative estimate of drug-likeness (QED) is 0.0938. The molecule has 0 aliphatic rings. The van der Waals surface area contributed by atoms with E-state index in [1.165, 1.54) is 45.3 Å². The van der Waals surface area contributed by atoms with E-state index in [-0.39, 0.29) is 41.0 Å². The number of nitro groups is 1. The first-order valence-electron chi connectivity index (χ1n) is 11.5. The van der Waals surface area contributed by atoms with Gasteiger partial charge in [0.1, 0.15) is 22.9 Å². The van der Waals surface area contributed by atoms with Crippen molar-refractivity contribution in [2.24, 2.45) is 26.9 Å². The number of nitrogens with zero attached hydrogens (tertiary/aromatic N) is 4. The number of anilines is 3. The number of carbonyl (C=O) groups is 3. The number of hydrogen-bond acceptors (Lipinski definition) is 6. The third-order valence-electron chi connectivity index (χ3n) is 5.89. The summed E-state index contributed by atoms with van der Waals surface area (Å²) in [4.78, 5) is 48.9. The Labute approximate surface area is 233 Å². The molecule has 0 atom stereocenters. The van der Waals surface area contributed by atoms with Crippen LogP contribution in [0.25, 0.3) is 0 Å². The van der Waals surface area contributed by atoms with Crippen LogP contribution in [0.3, 0.4) is 0 Å². The van der Waals surface area contributed by atoms with Gasteiger partial charge in [0.05, 0.1) is 28.2 Å². The monoisotopic (exact) mass is 567 g/mol. The Kier molecular flexibility index (Phi) is 8.44. The largest absolute Gasteiger partial charge is 0.384 e. The number of halogens is 1. The highest BCUT2D eigenvalue weighted by Gasteiger charge is 2.20. The van der Waals surface area contributed by atoms with Crippen LogP contribution in [-0.4, -0.2) is 42.2 Å². The second kappa shape index (κ2) is 11.6. The highest BCUT2D eigenvalue weighted by molar-refractivity contribution is 6.10. The van der Waals surface area contributed by atoms with Crippen LogP contribution in [0.15, 0.2) is 61.1 Å². The molecule has 208 valence electrons. The average molecular weight is 568 g/mol. The van der Waals surface area contributed by atoms with Gasteiger partial charge in [0.15, 0.2) is 0 Å². The van der Waals surface area contributed by atoms with Crippen molar-refractivity contribution >= 4 is 58.7 Å². The number of benzene rings is 1. The van der Waals surface area contributed by atoms with Crippen LogP contribution in [-0.2, 0) is 21.1 Å². The minimum atomic E-state index is -0.592. The fourth-order valence-corrected chi connectivity index (χ4v) is 3.99. The molecule has 0 saturated heterocycles. The Bertz CT molecular complexity index is 1650. The third-order valence-corrected chi connectivity index (χ3v) is 5.89. The summed E-state index contributed by atoms with van der Waals surface area (Å²) in [6, 6.07) is 10.8. The lowest BCUT2D eigenvalue weighted by molar-refractivity contribution is -0.384. The van der Waals surface area contributed by atoms with Crippen molar-refractivity contribution in [1.29, 1.82) is 5.41 Å². The van der Waals surface area contributed by atoms with Gasteiger partial charge in [-0.15, -0.1) is 12.4 Å². The Morgan fingerprint density at radius 2 is 1.25 bits per heavy atom. The van der Waals surface area contributed by atoms with E-state index in [9.17, 15) is 24.5 Å². The van der Waals surface area contributed by atoms with Crippen LogP contribution in [0.1, 0.15) is 37.0 Å². The van der Waals surface area contributed by atoms with Crippen molar-refractivity contribution < 1.29 is 19.3 Å². The van der Waals surface area contributed by atoms with E-state index in [2.05, 4.69) is 16.0 Å². The number of rotatable bonds is 8. The molecule has 0 unspecified atom stereocenters. The van der Waals surface area contributed by atoms with Gasteiger partial charge in [-0.05, 0) is 24.3 Å². The summed E-state index contributed by atoms with van der Waals surface area (Å²) in [7, 11) is 4.78. The summed E-state index contributed by atoms with van der Waals surface area (Å²) in [5, 5.41) is 26.7. The molecule has 1 aromatic carbocycles. The maximum Gasteiger partial charge on any atom is 0.287 e. The van der Waals surface area contributed by atoms with E-state index in [1.54, 1.807) is 44.6 Å². The fraction of sp³-hybridized carbons (Fsp3) is 0.120. The number of amides is 3. The maximum atomic E-state index is 13.0. The van der Waals surface area contributed by atoms with Crippen LogP contribution >= 0.6 is 12.4 Å². The maximum absolute atomic E-state index is 13.0. The van der Waals surface area contributed by atoms with Crippen molar-refractivity contribution in [3.63, 3.8) is 0 Å². The summed E-state index contributed by atoms with van der Waals surface area (Å²) < 4.78 is 4.39. The third kappa shape index (κ3) is 6.02. The number of aromatic nitrogens is 3. The number of amidine groups is 1. The predicted molar refractivity (Wildman–Crippen MR) is 151 cm³/mol. The molecular weight excluding hydrogens is 542 g/mol. The predicted octanol–water partition coefficient (Wildman–Crippen LogP) is 3.07. The smallest absolute Gasteiger partial charge is 0.287 e. The van der Waals surface area contributed by atoms with Gasteiger partial charge in [0.25, 0.3) is 23.4 Å². The summed E-state index contributed by atoms with van der Waals surface area (Å²) in [5.74, 6) is -1.72. The van der Waals surface area contributed by atoms with E-state index in [1.807, 2.05) is 0 Å². The van der Waals surface area contributed by atoms with Gasteiger partial charge >= 0.3 is 0 Å². The number of aryl methyl sites for hydroxylation is 3. The molecule has 0 fully saturated rings. The van der Waals surface area contributed by atoms with Gasteiger partial charge in [-0.1, -0.05) is 12.1 Å². The van der Waals surface area contributed by atoms with E-state index < -0.39 is 22.6 Å². The second-order valence-electron chi connectivity index (χ2n) is 8.72. The summed E-state index contributed by atoms with van der Waals surface area (Å²) >= 11 is 0. The lowest BCUT2D eigenvalue weighted by atomic mass is 10.1. The van der Waals surface area contributed by atoms with Crippen molar-refractivity contribution in [2.45, 2.75) is 0 Å². The van der Waals surface area contributed by atoms with Crippen molar-refractivity contribution in [3.05, 3.63) is 93.8 Å². The molecule has 0 aliphatic carbocycles. The molecule has 40 heavy (non-hydrogen) atoms. The summed E-state index contributed by atoms with van der Waals surface area (Å²) in [5.41, 5.74) is 7.35. The summed E-state index contributed by atoms with van der Waals surface area (Å²) in [6.07, 6.45) is 4.33. The topological polar surface area (TPSA) is 195 Å². The normalized spacial score (nSPS) is 10.4. The van der Waals surface area contributed by atoms with E-state index in [4.69, 9.17) is 11.1 Å². The van der Waals surface area contributed by atoms with Gasteiger partial charge in [-0.3, -0.25) is 29.9 Å². The number of carbonyl (C=O) groups excluding carboxylic acids is 3. The van der Waals surface area contributed by atoms with Gasteiger partial charge in [-0.2, -0.15) is 0 Å². The van der Waals surface area contributed by atoms with Crippen LogP contribution < -0.4 is 21.7 Å². The molecular formula is C25H26ClN9O5. The minimum absolute atomic E-state index is 0. The SMILES string of the molecule is Cl.Cn1cc(NC(=O)c2cc([N+](=O)[O-])cn2C)cc1C(=O)Nc1cc(C(=O)Nc2ccccc2C(=N)N)n(C)c1. The standard InChI is InChI=1S/C25H25N9O5.ClH/c1-31-11-14(29-24(36)21-10-16(34(38)39)13-33(21)3)8-19(31)23(35)28-15-9-20(32(2)12-15)25(37)30-18-7-5-4-6-17(18)22(26)27;/h4-13H,1-3H3,(H3,26,27)(H,28,35)(H,29,36)(H,30,37);1H. The highest BCUT2D eigenvalue weighted by atomic mass is 35.5. The molecule has 3 amide bonds. The van der Waals surface area contributed by atoms with Crippen LogP contribution in [0.2, 0.25) is 0 Å². The molecule has 0 bridgehead atoms. The van der Waals surface area contributed by atoms with Gasteiger partial charge in [-0.25, -0.2) is 0 Å². The summed E-state index contributed by atoms with van der Waals surface area (Å²) in [6.45, 7) is 0. The number of hydrogen-bond donors (Lipinski definition) is 5. The number of nitrogens with two attached hydrogens (primary N) is 1. The molecule has 0 spiro atoms. The number of para-hydroxylation sites is 1. The van der Waals surface area contributed by atoms with Gasteiger partial charge in [0.2, 0.25) is 0 Å². The zero-order valence-corrected chi connectivity index (χ0v) is 22.4. The second-order valence-corrected chi connectivity index (χ2v) is 8.72. The molecule has 3 heterocycles. The highest BCUT2D eigenvalue weighted by Crippen LogP contribution is 2.21. The molecule has 14 nitrogen and oxygen atoms in total. The van der Waals surface area contributed by atoms with Crippen LogP contribution in [0.4, 0.5) is 22.7 Å². The molecule has 0 radical (unpaired) electrons. The molecule has 4 rings (SSSR count). The molecule has 4 aromatic rings. The van der Waals surface area contributed by atoms with Gasteiger partial charge < -0.3 is 35.4 Å². The van der Waals surface area contributed by atoms with Crippen molar-refractivity contribution in [2.75, 3.05) is 16.0 Å². The van der Waals surface area contributed by atoms with Crippen LogP contribution in [0, 0.1) is 15.5 Å². The van der Waals surface area contributed by atoms with Crippen LogP contribution in [0.5, 0.6) is 0 Å². The lowest BCUT2D eigenvalue weighted by Crippen LogP contribution is -2.19. The zero-order chi connectivity index (χ0) is 28.4. The Balaban J connectivity index is 0.00000441. The molecule has 3 aromatic heterocycles. The lowest BCUT2D eigenvalue weighted by Gasteiger charge is -2.10. The zero-order valence-electron chi connectivity index (χ0n) is 21.6. The first-order chi connectivity index (χ1) is 18.4.